The Morgan fingerprint density at radius 3 is 1.09 bits per heavy atom. The van der Waals surface area contributed by atoms with Crippen molar-refractivity contribution < 1.29 is 39.4 Å². The van der Waals surface area contributed by atoms with E-state index in [4.69, 9.17) is 17.2 Å². The summed E-state index contributed by atoms with van der Waals surface area (Å²) in [6.45, 7) is 0. The van der Waals surface area contributed by atoms with Gasteiger partial charge in [0.1, 0.15) is 0 Å². The second kappa shape index (κ2) is 5.34. The van der Waals surface area contributed by atoms with E-state index in [1.165, 1.54) is 0 Å². The number of rotatable bonds is 0. The fourth-order valence-electron chi connectivity index (χ4n) is 0.427. The Morgan fingerprint density at radius 1 is 0.727 bits per heavy atom. The van der Waals surface area contributed by atoms with Crippen molar-refractivity contribution in [3.8, 4) is 0 Å². The van der Waals surface area contributed by atoms with Gasteiger partial charge in [-0.25, -0.2) is 0 Å². The largest absolute Gasteiger partial charge is 0.368 e. The minimum Gasteiger partial charge on any atom is -0.368 e. The maximum absolute atomic E-state index is 5.14. The first-order valence-electron chi connectivity index (χ1n) is 2.21. The topological polar surface area (TPSA) is 117 Å². The number of hydrogen-bond acceptors (Lipinski definition) is 6. The zero-order valence-corrected chi connectivity index (χ0v) is 7.60. The van der Waals surface area contributed by atoms with E-state index in [0.29, 0.717) is 0 Å². The van der Waals surface area contributed by atoms with E-state index in [1.807, 2.05) is 0 Å². The minimum atomic E-state index is 0. The van der Waals surface area contributed by atoms with Crippen molar-refractivity contribution in [2.75, 3.05) is 17.2 Å². The maximum atomic E-state index is 5.14. The Morgan fingerprint density at radius 2 is 0.909 bits per heavy atom. The molecule has 6 N–H and O–H groups in total. The van der Waals surface area contributed by atoms with Crippen LogP contribution in [0.2, 0.25) is 0 Å². The number of hydrogen-bond donors (Lipinski definition) is 3. The summed E-state index contributed by atoms with van der Waals surface area (Å²) in [7, 11) is 0. The number of nitrogen functional groups attached to an aromatic ring is 3. The van der Waals surface area contributed by atoms with Gasteiger partial charge in [-0.15, -0.1) is 0 Å². The molecule has 0 aromatic carbocycles. The van der Waals surface area contributed by atoms with E-state index in [1.54, 1.807) is 0 Å². The molecule has 8 heteroatoms. The van der Waals surface area contributed by atoms with Crippen LogP contribution in [0.3, 0.4) is 0 Å². The zero-order chi connectivity index (χ0) is 6.85. The van der Waals surface area contributed by atoms with Crippen molar-refractivity contribution in [1.82, 2.24) is 15.0 Å². The van der Waals surface area contributed by atoms with E-state index in [2.05, 4.69) is 15.0 Å². The molecule has 0 fully saturated rings. The van der Waals surface area contributed by atoms with Crippen LogP contribution in [0.15, 0.2) is 0 Å². The van der Waals surface area contributed by atoms with Crippen molar-refractivity contribution in [3.05, 3.63) is 0 Å². The number of nitrogens with two attached hydrogens (primary N) is 3. The van der Waals surface area contributed by atoms with Crippen LogP contribution >= 0.6 is 0 Å². The SMILES string of the molecule is Nc1nc(N)nc(N)n1.[Ag].[Cu]. The van der Waals surface area contributed by atoms with Crippen molar-refractivity contribution in [2.24, 2.45) is 0 Å². The van der Waals surface area contributed by atoms with Gasteiger partial charge < -0.3 is 17.2 Å². The summed E-state index contributed by atoms with van der Waals surface area (Å²) < 4.78 is 0. The van der Waals surface area contributed by atoms with Crippen molar-refractivity contribution in [3.63, 3.8) is 0 Å². The fraction of sp³-hybridized carbons (Fsp3) is 0. The molecule has 0 saturated carbocycles. The predicted octanol–water partition coefficient (Wildman–Crippen LogP) is -1.39. The molecule has 2 radical (unpaired) electrons. The molecule has 0 aliphatic heterocycles. The van der Waals surface area contributed by atoms with Crippen LogP contribution in [0.1, 0.15) is 0 Å². The third kappa shape index (κ3) is 4.18. The van der Waals surface area contributed by atoms with Crippen molar-refractivity contribution in [1.29, 1.82) is 0 Å². The predicted molar refractivity (Wildman–Crippen MR) is 33.1 cm³/mol. The molecule has 11 heavy (non-hydrogen) atoms. The number of nitrogens with zero attached hydrogens (tertiary/aromatic N) is 3. The van der Waals surface area contributed by atoms with E-state index in [9.17, 15) is 0 Å². The van der Waals surface area contributed by atoms with Crippen molar-refractivity contribution >= 4 is 17.8 Å². The molecule has 1 heterocycles. The summed E-state index contributed by atoms with van der Waals surface area (Å²) in [5.41, 5.74) is 15.4. The Kier molecular flexibility index (Phi) is 6.44. The molecule has 0 aliphatic rings. The van der Waals surface area contributed by atoms with E-state index >= 15 is 0 Å². The molecule has 1 aromatic heterocycles. The van der Waals surface area contributed by atoms with Crippen LogP contribution < -0.4 is 17.2 Å². The molecule has 0 spiro atoms. The van der Waals surface area contributed by atoms with Crippen LogP contribution in [0.5, 0.6) is 0 Å². The van der Waals surface area contributed by atoms with Gasteiger partial charge in [-0.2, -0.15) is 15.0 Å². The first kappa shape index (κ1) is 13.3. The molecule has 0 saturated heterocycles. The first-order chi connectivity index (χ1) is 4.18. The monoisotopic (exact) mass is 296 g/mol. The molecule has 0 bridgehead atoms. The Labute approximate surface area is 89.3 Å². The van der Waals surface area contributed by atoms with E-state index < -0.39 is 0 Å². The molecule has 0 atom stereocenters. The van der Waals surface area contributed by atoms with Gasteiger partial charge >= 0.3 is 0 Å². The standard InChI is InChI=1S/C3H6N6.Ag.Cu/c4-1-7-2(5)9-3(6)8-1;;/h(H6,4,5,6,7,8,9);;. The quantitative estimate of drug-likeness (QED) is 0.508. The van der Waals surface area contributed by atoms with Gasteiger partial charge in [0.05, 0.1) is 0 Å². The van der Waals surface area contributed by atoms with E-state index in [0.717, 1.165) is 0 Å². The molecule has 0 aliphatic carbocycles. The summed E-state index contributed by atoms with van der Waals surface area (Å²) in [6.07, 6.45) is 0. The number of anilines is 3. The van der Waals surface area contributed by atoms with Crippen LogP contribution in [0, 0.1) is 0 Å². The molecular weight excluding hydrogens is 291 g/mol. The summed E-state index contributed by atoms with van der Waals surface area (Å²) >= 11 is 0. The van der Waals surface area contributed by atoms with Gasteiger partial charge in [0.25, 0.3) is 0 Å². The Hall–Kier alpha value is -0.330. The average molecular weight is 298 g/mol. The van der Waals surface area contributed by atoms with Crippen LogP contribution in [0.4, 0.5) is 17.8 Å². The molecule has 70 valence electrons. The minimum absolute atomic E-state index is 0. The third-order valence-electron chi connectivity index (χ3n) is 0.687. The maximum Gasteiger partial charge on any atom is 0.226 e. The normalized spacial score (nSPS) is 7.64. The molecule has 1 rings (SSSR count). The second-order valence-corrected chi connectivity index (χ2v) is 1.41. The second-order valence-electron chi connectivity index (χ2n) is 1.41. The number of aromatic nitrogens is 3. The smallest absolute Gasteiger partial charge is 0.226 e. The fourth-order valence-corrected chi connectivity index (χ4v) is 0.427. The summed E-state index contributed by atoms with van der Waals surface area (Å²) in [4.78, 5) is 10.5. The Bertz CT molecular complexity index is 179. The van der Waals surface area contributed by atoms with Crippen LogP contribution in [0.25, 0.3) is 0 Å². The van der Waals surface area contributed by atoms with Crippen molar-refractivity contribution in [2.45, 2.75) is 0 Å². The van der Waals surface area contributed by atoms with Gasteiger partial charge in [-0.05, 0) is 0 Å². The first-order valence-corrected chi connectivity index (χ1v) is 2.21. The Balaban J connectivity index is 0. The van der Waals surface area contributed by atoms with Gasteiger partial charge in [-0.1, -0.05) is 0 Å². The summed E-state index contributed by atoms with van der Waals surface area (Å²) in [6, 6.07) is 0. The summed E-state index contributed by atoms with van der Waals surface area (Å²) in [5.74, 6) is 0.125. The molecular formula is C3H6AgCuN6. The summed E-state index contributed by atoms with van der Waals surface area (Å²) in [5, 5.41) is 0. The zero-order valence-electron chi connectivity index (χ0n) is 5.18. The molecule has 1 aromatic rings. The molecule has 0 amide bonds. The van der Waals surface area contributed by atoms with Crippen LogP contribution in [-0.4, -0.2) is 15.0 Å². The van der Waals surface area contributed by atoms with Gasteiger partial charge in [0, 0.05) is 39.4 Å². The van der Waals surface area contributed by atoms with E-state index in [-0.39, 0.29) is 57.3 Å². The average Bonchev–Trinajstić information content (AvgIpc) is 1.59. The van der Waals surface area contributed by atoms with Gasteiger partial charge in [-0.3, -0.25) is 0 Å². The molecule has 6 nitrogen and oxygen atoms in total. The van der Waals surface area contributed by atoms with Gasteiger partial charge in [0.15, 0.2) is 0 Å². The third-order valence-corrected chi connectivity index (χ3v) is 0.687. The molecule has 0 unspecified atom stereocenters. The van der Waals surface area contributed by atoms with Crippen LogP contribution in [-0.2, 0) is 39.4 Å². The van der Waals surface area contributed by atoms with Gasteiger partial charge in [0.2, 0.25) is 17.8 Å².